The molecule has 6 nitrogen and oxygen atoms in total. The lowest BCUT2D eigenvalue weighted by atomic mass is 10.1. The highest BCUT2D eigenvalue weighted by molar-refractivity contribution is 14.0. The van der Waals surface area contributed by atoms with Gasteiger partial charge in [0.25, 0.3) is 0 Å². The molecule has 1 aliphatic rings. The van der Waals surface area contributed by atoms with Crippen molar-refractivity contribution >= 4 is 46.3 Å². The second-order valence-electron chi connectivity index (χ2n) is 6.83. The summed E-state index contributed by atoms with van der Waals surface area (Å²) in [4.78, 5) is 6.81. The molecule has 29 heavy (non-hydrogen) atoms. The molecule has 0 saturated carbocycles. The van der Waals surface area contributed by atoms with Gasteiger partial charge in [-0.25, -0.2) is 0 Å². The predicted octanol–water partition coefficient (Wildman–Crippen LogP) is 4.36. The molecule has 154 valence electrons. The molecule has 0 aliphatic carbocycles. The molecule has 2 N–H and O–H groups in total. The summed E-state index contributed by atoms with van der Waals surface area (Å²) in [5.74, 6) is 1.58. The number of guanidine groups is 1. The van der Waals surface area contributed by atoms with E-state index >= 15 is 0 Å². The van der Waals surface area contributed by atoms with Gasteiger partial charge in [0.1, 0.15) is 5.69 Å². The molecule has 0 radical (unpaired) electrons. The summed E-state index contributed by atoms with van der Waals surface area (Å²) in [5.41, 5.74) is 1.88. The third-order valence-corrected chi connectivity index (χ3v) is 5.86. The summed E-state index contributed by atoms with van der Waals surface area (Å²) in [7, 11) is 1.80. The Hall–Kier alpha value is -2.07. The van der Waals surface area contributed by atoms with Gasteiger partial charge in [-0.3, -0.25) is 4.99 Å². The van der Waals surface area contributed by atoms with Gasteiger partial charge in [0.15, 0.2) is 11.7 Å². The third kappa shape index (κ3) is 5.72. The molecular weight excluding hydrogens is 497 g/mol. The molecule has 2 aromatic heterocycles. The van der Waals surface area contributed by atoms with Crippen LogP contribution in [0.1, 0.15) is 18.5 Å². The molecule has 4 rings (SSSR count). The molecule has 1 aliphatic heterocycles. The van der Waals surface area contributed by atoms with Crippen LogP contribution in [0, 0.1) is 0 Å². The Morgan fingerprint density at radius 2 is 2.00 bits per heavy atom. The predicted molar refractivity (Wildman–Crippen MR) is 130 cm³/mol. The van der Waals surface area contributed by atoms with Crippen molar-refractivity contribution in [1.82, 2.24) is 15.8 Å². The van der Waals surface area contributed by atoms with Crippen LogP contribution in [0.5, 0.6) is 0 Å². The number of rotatable bonds is 5. The molecule has 1 aromatic carbocycles. The minimum Gasteiger partial charge on any atom is -0.363 e. The number of hydrogen-bond acceptors (Lipinski definition) is 5. The number of benzene rings is 1. The van der Waals surface area contributed by atoms with Gasteiger partial charge in [0.2, 0.25) is 0 Å². The minimum atomic E-state index is 0. The van der Waals surface area contributed by atoms with Gasteiger partial charge in [-0.2, -0.15) is 0 Å². The second-order valence-corrected chi connectivity index (χ2v) is 7.76. The van der Waals surface area contributed by atoms with Crippen LogP contribution in [-0.2, 0) is 6.54 Å². The zero-order chi connectivity index (χ0) is 19.2. The molecule has 3 aromatic rings. The van der Waals surface area contributed by atoms with E-state index in [1.807, 2.05) is 47.7 Å². The molecule has 1 fully saturated rings. The zero-order valence-electron chi connectivity index (χ0n) is 16.4. The van der Waals surface area contributed by atoms with Crippen LogP contribution < -0.4 is 15.5 Å². The molecule has 0 unspecified atom stereocenters. The number of thiophene rings is 1. The fourth-order valence-corrected chi connectivity index (χ4v) is 4.18. The summed E-state index contributed by atoms with van der Waals surface area (Å²) < 4.78 is 5.46. The van der Waals surface area contributed by atoms with Gasteiger partial charge >= 0.3 is 0 Å². The van der Waals surface area contributed by atoms with E-state index in [2.05, 4.69) is 43.2 Å². The normalized spacial score (nSPS) is 15.1. The van der Waals surface area contributed by atoms with E-state index in [1.54, 1.807) is 7.05 Å². The first-order valence-electron chi connectivity index (χ1n) is 9.58. The lowest BCUT2D eigenvalue weighted by molar-refractivity contribution is 0.422. The second kappa shape index (κ2) is 10.6. The van der Waals surface area contributed by atoms with Crippen molar-refractivity contribution in [3.63, 3.8) is 0 Å². The number of piperidine rings is 1. The van der Waals surface area contributed by atoms with Crippen molar-refractivity contribution in [2.75, 3.05) is 25.0 Å². The maximum absolute atomic E-state index is 5.46. The van der Waals surface area contributed by atoms with Crippen LogP contribution in [0.3, 0.4) is 0 Å². The summed E-state index contributed by atoms with van der Waals surface area (Å²) in [5, 5.41) is 14.5. The lowest BCUT2D eigenvalue weighted by Crippen LogP contribution is -2.48. The Bertz CT molecular complexity index is 889. The number of hydrogen-bond donors (Lipinski definition) is 2. The first kappa shape index (κ1) is 21.6. The number of nitrogens with one attached hydrogen (secondary N) is 2. The molecule has 0 spiro atoms. The van der Waals surface area contributed by atoms with Crippen LogP contribution in [0.15, 0.2) is 63.4 Å². The van der Waals surface area contributed by atoms with Gasteiger partial charge in [-0.15, -0.1) is 35.3 Å². The van der Waals surface area contributed by atoms with E-state index in [0.717, 1.165) is 48.9 Å². The maximum Gasteiger partial charge on any atom is 0.191 e. The minimum absolute atomic E-state index is 0. The number of aromatic nitrogens is 1. The van der Waals surface area contributed by atoms with Gasteiger partial charge in [-0.05, 0) is 30.4 Å². The Kier molecular flexibility index (Phi) is 7.93. The number of aliphatic imine (C=N–C) groups is 1. The Labute approximate surface area is 192 Å². The van der Waals surface area contributed by atoms with Gasteiger partial charge in [0.05, 0.1) is 11.5 Å². The number of halogens is 1. The van der Waals surface area contributed by atoms with Crippen molar-refractivity contribution in [2.45, 2.75) is 25.4 Å². The summed E-state index contributed by atoms with van der Waals surface area (Å²) >= 11 is 1.81. The molecular formula is C21H26IN5OS. The van der Waals surface area contributed by atoms with Crippen LogP contribution >= 0.6 is 35.3 Å². The van der Waals surface area contributed by atoms with Crippen LogP contribution in [0.4, 0.5) is 5.00 Å². The van der Waals surface area contributed by atoms with Gasteiger partial charge in [-0.1, -0.05) is 35.5 Å². The molecule has 0 atom stereocenters. The number of anilines is 1. The van der Waals surface area contributed by atoms with E-state index in [4.69, 9.17) is 4.52 Å². The van der Waals surface area contributed by atoms with Crippen molar-refractivity contribution in [3.05, 3.63) is 59.6 Å². The SMILES string of the molecule is CN=C(NCc1cc(-c2ccccc2)on1)NC1CCN(c2cccs2)CC1.I. The highest BCUT2D eigenvalue weighted by atomic mass is 127. The quantitative estimate of drug-likeness (QED) is 0.296. The summed E-state index contributed by atoms with van der Waals surface area (Å²) in [6.07, 6.45) is 2.20. The van der Waals surface area contributed by atoms with E-state index in [-0.39, 0.29) is 24.0 Å². The average molecular weight is 523 g/mol. The molecule has 3 heterocycles. The molecule has 0 bridgehead atoms. The van der Waals surface area contributed by atoms with E-state index < -0.39 is 0 Å². The van der Waals surface area contributed by atoms with Crippen molar-refractivity contribution < 1.29 is 4.52 Å². The highest BCUT2D eigenvalue weighted by Gasteiger charge is 2.20. The van der Waals surface area contributed by atoms with Gasteiger partial charge < -0.3 is 20.1 Å². The Balaban J connectivity index is 0.00000240. The van der Waals surface area contributed by atoms with E-state index in [0.29, 0.717) is 12.6 Å². The molecule has 1 saturated heterocycles. The number of nitrogens with zero attached hydrogens (tertiary/aromatic N) is 3. The first-order valence-corrected chi connectivity index (χ1v) is 10.5. The average Bonchev–Trinajstić information content (AvgIpc) is 3.44. The topological polar surface area (TPSA) is 65.7 Å². The third-order valence-electron chi connectivity index (χ3n) is 4.93. The monoisotopic (exact) mass is 523 g/mol. The highest BCUT2D eigenvalue weighted by Crippen LogP contribution is 2.24. The van der Waals surface area contributed by atoms with E-state index in [1.165, 1.54) is 5.00 Å². The van der Waals surface area contributed by atoms with Gasteiger partial charge in [0, 0.05) is 37.8 Å². The van der Waals surface area contributed by atoms with Crippen molar-refractivity contribution in [3.8, 4) is 11.3 Å². The van der Waals surface area contributed by atoms with E-state index in [9.17, 15) is 0 Å². The van der Waals surface area contributed by atoms with Crippen molar-refractivity contribution in [2.24, 2.45) is 4.99 Å². The fourth-order valence-electron chi connectivity index (χ4n) is 3.39. The van der Waals surface area contributed by atoms with Crippen LogP contribution in [0.2, 0.25) is 0 Å². The largest absolute Gasteiger partial charge is 0.363 e. The smallest absolute Gasteiger partial charge is 0.191 e. The standard InChI is InChI=1S/C21H25N5OS.HI/c1-22-21(24-17-9-11-26(12-10-17)20-8-5-13-28-20)23-15-18-14-19(27-25-18)16-6-3-2-4-7-16;/h2-8,13-14,17H,9-12,15H2,1H3,(H2,22,23,24);1H. The molecule has 0 amide bonds. The van der Waals surface area contributed by atoms with Crippen LogP contribution in [0.25, 0.3) is 11.3 Å². The Morgan fingerprint density at radius 1 is 1.21 bits per heavy atom. The molecule has 8 heteroatoms. The fraction of sp³-hybridized carbons (Fsp3) is 0.333. The Morgan fingerprint density at radius 3 is 2.69 bits per heavy atom. The van der Waals surface area contributed by atoms with Crippen molar-refractivity contribution in [1.29, 1.82) is 0 Å². The first-order chi connectivity index (χ1) is 13.8. The summed E-state index contributed by atoms with van der Waals surface area (Å²) in [6.45, 7) is 2.71. The summed E-state index contributed by atoms with van der Waals surface area (Å²) in [6, 6.07) is 16.7. The van der Waals surface area contributed by atoms with Crippen LogP contribution in [-0.4, -0.2) is 37.3 Å². The lowest BCUT2D eigenvalue weighted by Gasteiger charge is -2.33. The maximum atomic E-state index is 5.46. The zero-order valence-corrected chi connectivity index (χ0v) is 19.5.